The van der Waals surface area contributed by atoms with E-state index in [9.17, 15) is 9.59 Å². The molecular formula is C18H34N4O6. The van der Waals surface area contributed by atoms with Gasteiger partial charge in [0.25, 0.3) is 0 Å². The minimum Gasteiger partial charge on any atom is -0.436 e. The zero-order valence-electron chi connectivity index (χ0n) is 17.0. The van der Waals surface area contributed by atoms with E-state index >= 15 is 0 Å². The van der Waals surface area contributed by atoms with Gasteiger partial charge in [-0.05, 0) is 12.8 Å². The third-order valence-electron chi connectivity index (χ3n) is 3.92. The number of oxime groups is 2. The molecule has 0 radical (unpaired) electrons. The first-order chi connectivity index (χ1) is 13.5. The number of carbonyl (C=O) groups is 2. The van der Waals surface area contributed by atoms with E-state index in [1.54, 1.807) is 0 Å². The van der Waals surface area contributed by atoms with Gasteiger partial charge >= 0.3 is 12.3 Å². The first-order valence-electron chi connectivity index (χ1n) is 9.64. The van der Waals surface area contributed by atoms with Crippen LogP contribution >= 0.6 is 0 Å². The predicted octanol–water partition coefficient (Wildman–Crippen LogP) is 3.78. The maximum atomic E-state index is 10.7. The average Bonchev–Trinajstić information content (AvgIpc) is 2.70. The highest BCUT2D eigenvalue weighted by Crippen LogP contribution is 2.12. The van der Waals surface area contributed by atoms with Gasteiger partial charge in [0, 0.05) is 12.8 Å². The summed E-state index contributed by atoms with van der Waals surface area (Å²) in [5.74, 6) is 0.598. The Morgan fingerprint density at radius 3 is 1.18 bits per heavy atom. The maximum Gasteiger partial charge on any atom is 0.534 e. The Labute approximate surface area is 166 Å². The third kappa shape index (κ3) is 16.9. The van der Waals surface area contributed by atoms with Crippen molar-refractivity contribution >= 4 is 24.0 Å². The number of amidine groups is 2. The molecule has 0 aromatic carbocycles. The van der Waals surface area contributed by atoms with Gasteiger partial charge in [0.1, 0.15) is 11.7 Å². The van der Waals surface area contributed by atoms with Crippen molar-refractivity contribution in [2.45, 2.75) is 77.0 Å². The Hall–Kier alpha value is -2.52. The molecule has 0 aromatic rings. The minimum atomic E-state index is -0.868. The smallest absolute Gasteiger partial charge is 0.436 e. The van der Waals surface area contributed by atoms with E-state index < -0.39 is 12.3 Å². The fourth-order valence-corrected chi connectivity index (χ4v) is 2.38. The van der Waals surface area contributed by atoms with Gasteiger partial charge in [-0.25, -0.2) is 9.59 Å². The second kappa shape index (κ2) is 17.9. The first kappa shape index (κ1) is 25.5. The number of methoxy groups -OCH3 is 2. The molecule has 0 rings (SSSR count). The second-order valence-electron chi connectivity index (χ2n) is 6.29. The Bertz CT molecular complexity index is 452. The van der Waals surface area contributed by atoms with Crippen LogP contribution in [0.5, 0.6) is 0 Å². The lowest BCUT2D eigenvalue weighted by Crippen LogP contribution is -2.13. The van der Waals surface area contributed by atoms with Crippen molar-refractivity contribution in [1.29, 1.82) is 0 Å². The molecule has 0 unspecified atom stereocenters. The Morgan fingerprint density at radius 2 is 0.893 bits per heavy atom. The zero-order valence-corrected chi connectivity index (χ0v) is 17.0. The van der Waals surface area contributed by atoms with Crippen molar-refractivity contribution in [2.75, 3.05) is 14.2 Å². The lowest BCUT2D eigenvalue weighted by Gasteiger charge is -2.03. The molecule has 0 heterocycles. The molecule has 10 nitrogen and oxygen atoms in total. The van der Waals surface area contributed by atoms with Gasteiger partial charge in [-0.3, -0.25) is 9.68 Å². The van der Waals surface area contributed by atoms with Crippen molar-refractivity contribution in [3.8, 4) is 0 Å². The van der Waals surface area contributed by atoms with E-state index in [-0.39, 0.29) is 0 Å². The summed E-state index contributed by atoms with van der Waals surface area (Å²) in [6.45, 7) is 0. The molecular weight excluding hydrogens is 368 g/mol. The number of nitrogens with zero attached hydrogens (tertiary/aromatic N) is 2. The molecule has 0 saturated heterocycles. The Morgan fingerprint density at radius 1 is 0.607 bits per heavy atom. The molecule has 0 saturated carbocycles. The predicted molar refractivity (Wildman–Crippen MR) is 106 cm³/mol. The van der Waals surface area contributed by atoms with Crippen LogP contribution in [0.15, 0.2) is 10.3 Å². The van der Waals surface area contributed by atoms with E-state index in [4.69, 9.17) is 11.5 Å². The largest absolute Gasteiger partial charge is 0.534 e. The summed E-state index contributed by atoms with van der Waals surface area (Å²) in [6.07, 6.45) is 10.6. The van der Waals surface area contributed by atoms with Gasteiger partial charge in [-0.15, -0.1) is 0 Å². The molecule has 0 atom stereocenters. The Kier molecular flexibility index (Phi) is 16.3. The van der Waals surface area contributed by atoms with Gasteiger partial charge in [-0.2, -0.15) is 0 Å². The number of ether oxygens (including phenoxy) is 2. The third-order valence-corrected chi connectivity index (χ3v) is 3.92. The number of carbonyl (C=O) groups excluding carboxylic acids is 2. The fourth-order valence-electron chi connectivity index (χ4n) is 2.38. The minimum absolute atomic E-state index is 0.299. The summed E-state index contributed by atoms with van der Waals surface area (Å²) in [4.78, 5) is 30.3. The van der Waals surface area contributed by atoms with E-state index in [1.807, 2.05) is 0 Å². The second-order valence-corrected chi connectivity index (χ2v) is 6.29. The van der Waals surface area contributed by atoms with Crippen LogP contribution in [-0.4, -0.2) is 38.2 Å². The average molecular weight is 402 g/mol. The van der Waals surface area contributed by atoms with E-state index in [0.717, 1.165) is 38.5 Å². The molecule has 0 aliphatic carbocycles. The maximum absolute atomic E-state index is 10.7. The van der Waals surface area contributed by atoms with Crippen molar-refractivity contribution in [3.63, 3.8) is 0 Å². The topological polar surface area (TPSA) is 148 Å². The molecule has 0 bridgehead atoms. The summed E-state index contributed by atoms with van der Waals surface area (Å²) < 4.78 is 8.58. The number of nitrogens with two attached hydrogens (primary N) is 2. The summed E-state index contributed by atoms with van der Waals surface area (Å²) >= 11 is 0. The van der Waals surface area contributed by atoms with Crippen LogP contribution in [0.25, 0.3) is 0 Å². The fraction of sp³-hybridized carbons (Fsp3) is 0.778. The summed E-state index contributed by atoms with van der Waals surface area (Å²) in [6, 6.07) is 0. The van der Waals surface area contributed by atoms with Gasteiger partial charge in [0.15, 0.2) is 0 Å². The van der Waals surface area contributed by atoms with Crippen LogP contribution in [0.1, 0.15) is 77.0 Å². The van der Waals surface area contributed by atoms with Crippen LogP contribution < -0.4 is 11.5 Å². The van der Waals surface area contributed by atoms with Crippen molar-refractivity contribution in [1.82, 2.24) is 0 Å². The molecule has 10 heteroatoms. The molecule has 4 N–H and O–H groups in total. The van der Waals surface area contributed by atoms with E-state index in [2.05, 4.69) is 29.5 Å². The van der Waals surface area contributed by atoms with Crippen molar-refractivity contribution in [2.24, 2.45) is 21.8 Å². The van der Waals surface area contributed by atoms with E-state index in [0.29, 0.717) is 24.5 Å². The molecule has 28 heavy (non-hydrogen) atoms. The normalized spacial score (nSPS) is 11.8. The number of hydrogen-bond acceptors (Lipinski definition) is 8. The van der Waals surface area contributed by atoms with Crippen LogP contribution in [0, 0.1) is 0 Å². The van der Waals surface area contributed by atoms with Crippen LogP contribution in [0.2, 0.25) is 0 Å². The first-order valence-corrected chi connectivity index (χ1v) is 9.64. The van der Waals surface area contributed by atoms with E-state index in [1.165, 1.54) is 39.9 Å². The van der Waals surface area contributed by atoms with Gasteiger partial charge in [0.05, 0.1) is 14.2 Å². The quantitative estimate of drug-likeness (QED) is 0.105. The summed E-state index contributed by atoms with van der Waals surface area (Å²) in [7, 11) is 2.42. The summed E-state index contributed by atoms with van der Waals surface area (Å²) in [5.41, 5.74) is 11.3. The standard InChI is InChI=1S/C18H34N4O6/c1-25-17(23)27-21-15(19)13-11-9-7-5-3-4-6-8-10-12-14-16(20)22-28-18(24)26-2/h3-14H2,1-2H3,(H2,19,21)(H2,20,22). The lowest BCUT2D eigenvalue weighted by atomic mass is 10.0. The SMILES string of the molecule is COC(=O)O/N=C(\N)CCCCCCCCCCCC/C(N)=N\OC(=O)OC. The van der Waals surface area contributed by atoms with Crippen molar-refractivity contribution in [3.05, 3.63) is 0 Å². The molecule has 0 aliphatic heterocycles. The number of rotatable bonds is 15. The van der Waals surface area contributed by atoms with Gasteiger partial charge in [0.2, 0.25) is 0 Å². The zero-order chi connectivity index (χ0) is 21.0. The molecule has 0 aromatic heterocycles. The highest BCUT2D eigenvalue weighted by molar-refractivity contribution is 5.80. The van der Waals surface area contributed by atoms with Gasteiger partial charge < -0.3 is 20.9 Å². The molecule has 0 aliphatic rings. The molecule has 0 amide bonds. The molecule has 0 spiro atoms. The van der Waals surface area contributed by atoms with Crippen molar-refractivity contribution < 1.29 is 28.7 Å². The summed E-state index contributed by atoms with van der Waals surface area (Å²) in [5, 5.41) is 6.98. The van der Waals surface area contributed by atoms with Crippen LogP contribution in [-0.2, 0) is 19.1 Å². The molecule has 0 fully saturated rings. The number of hydrogen-bond donors (Lipinski definition) is 2. The molecule has 162 valence electrons. The van der Waals surface area contributed by atoms with Crippen LogP contribution in [0.3, 0.4) is 0 Å². The lowest BCUT2D eigenvalue weighted by molar-refractivity contribution is 0.0741. The van der Waals surface area contributed by atoms with Crippen LogP contribution in [0.4, 0.5) is 9.59 Å². The highest BCUT2D eigenvalue weighted by atomic mass is 16.8. The Balaban J connectivity index is 3.40. The monoisotopic (exact) mass is 402 g/mol. The van der Waals surface area contributed by atoms with Gasteiger partial charge in [-0.1, -0.05) is 61.7 Å². The number of unbranched alkanes of at least 4 members (excludes halogenated alkanes) is 9. The highest BCUT2D eigenvalue weighted by Gasteiger charge is 2.02.